The van der Waals surface area contributed by atoms with E-state index in [1.165, 1.54) is 0 Å². The van der Waals surface area contributed by atoms with E-state index in [1.807, 2.05) is 31.2 Å². The van der Waals surface area contributed by atoms with E-state index in [4.69, 9.17) is 14.2 Å². The van der Waals surface area contributed by atoms with E-state index in [0.29, 0.717) is 42.8 Å². The lowest BCUT2D eigenvalue weighted by Crippen LogP contribution is -2.17. The summed E-state index contributed by atoms with van der Waals surface area (Å²) in [6, 6.07) is 16.1. The monoisotopic (exact) mass is 392 g/mol. The molecule has 1 aromatic heterocycles. The molecule has 1 aliphatic rings. The number of nitrogens with zero attached hydrogens (tertiary/aromatic N) is 2. The molecule has 0 bridgehead atoms. The number of amides is 1. The van der Waals surface area contributed by atoms with Crippen LogP contribution in [0.1, 0.15) is 17.4 Å². The van der Waals surface area contributed by atoms with E-state index in [0.717, 1.165) is 11.4 Å². The molecule has 0 fully saturated rings. The standard InChI is InChI=1S/C21H20N4O4/c1-2-27-17-6-4-3-5-15(17)23-20-10-8-16(24-25-20)21(26)22-14-7-9-18-19(13-14)29-12-11-28-18/h3-10,13H,2,11-12H2,1H3,(H,22,26)(H,23,25). The Morgan fingerprint density at radius 3 is 2.66 bits per heavy atom. The van der Waals surface area contributed by atoms with Crippen molar-refractivity contribution >= 4 is 23.1 Å². The quantitative estimate of drug-likeness (QED) is 0.661. The lowest BCUT2D eigenvalue weighted by atomic mass is 10.2. The molecule has 2 aromatic carbocycles. The first-order valence-corrected chi connectivity index (χ1v) is 9.26. The summed E-state index contributed by atoms with van der Waals surface area (Å²) in [5.74, 6) is 2.13. The van der Waals surface area contributed by atoms with Crippen molar-refractivity contribution in [1.82, 2.24) is 10.2 Å². The molecular weight excluding hydrogens is 372 g/mol. The van der Waals surface area contributed by atoms with Gasteiger partial charge in [-0.25, -0.2) is 0 Å². The van der Waals surface area contributed by atoms with Crippen LogP contribution in [0.5, 0.6) is 17.2 Å². The molecule has 8 heteroatoms. The Morgan fingerprint density at radius 2 is 1.86 bits per heavy atom. The molecule has 1 aliphatic heterocycles. The third kappa shape index (κ3) is 4.37. The van der Waals surface area contributed by atoms with Gasteiger partial charge in [-0.1, -0.05) is 12.1 Å². The number of hydrogen-bond acceptors (Lipinski definition) is 7. The van der Waals surface area contributed by atoms with Crippen LogP contribution in [-0.2, 0) is 0 Å². The van der Waals surface area contributed by atoms with Crippen LogP contribution in [-0.4, -0.2) is 35.9 Å². The van der Waals surface area contributed by atoms with E-state index >= 15 is 0 Å². The summed E-state index contributed by atoms with van der Waals surface area (Å²) in [5, 5.41) is 14.0. The van der Waals surface area contributed by atoms with Gasteiger partial charge in [-0.3, -0.25) is 4.79 Å². The number of carbonyl (C=O) groups excluding carboxylic acids is 1. The Balaban J connectivity index is 1.43. The molecule has 1 amide bonds. The molecule has 148 valence electrons. The van der Waals surface area contributed by atoms with Gasteiger partial charge in [0, 0.05) is 11.8 Å². The van der Waals surface area contributed by atoms with Gasteiger partial charge in [-0.05, 0) is 43.3 Å². The summed E-state index contributed by atoms with van der Waals surface area (Å²) in [5.41, 5.74) is 1.56. The minimum absolute atomic E-state index is 0.198. The number of para-hydroxylation sites is 2. The molecule has 8 nitrogen and oxygen atoms in total. The van der Waals surface area contributed by atoms with Gasteiger partial charge in [0.2, 0.25) is 0 Å². The third-order valence-corrected chi connectivity index (χ3v) is 4.15. The molecule has 0 saturated heterocycles. The van der Waals surface area contributed by atoms with E-state index in [-0.39, 0.29) is 11.6 Å². The molecule has 0 unspecified atom stereocenters. The summed E-state index contributed by atoms with van der Waals surface area (Å²) in [7, 11) is 0. The average Bonchev–Trinajstić information content (AvgIpc) is 2.76. The highest BCUT2D eigenvalue weighted by Gasteiger charge is 2.14. The summed E-state index contributed by atoms with van der Waals surface area (Å²) in [4.78, 5) is 12.5. The van der Waals surface area contributed by atoms with Crippen molar-refractivity contribution in [1.29, 1.82) is 0 Å². The van der Waals surface area contributed by atoms with Gasteiger partial charge < -0.3 is 24.8 Å². The zero-order valence-corrected chi connectivity index (χ0v) is 15.8. The summed E-state index contributed by atoms with van der Waals surface area (Å²) in [6.07, 6.45) is 0. The van der Waals surface area contributed by atoms with Crippen LogP contribution in [0, 0.1) is 0 Å². The zero-order chi connectivity index (χ0) is 20.1. The second kappa shape index (κ2) is 8.47. The molecule has 0 atom stereocenters. The fraction of sp³-hybridized carbons (Fsp3) is 0.190. The Kier molecular flexibility index (Phi) is 5.42. The van der Waals surface area contributed by atoms with E-state index in [2.05, 4.69) is 20.8 Å². The van der Waals surface area contributed by atoms with Gasteiger partial charge >= 0.3 is 0 Å². The number of aromatic nitrogens is 2. The maximum absolute atomic E-state index is 12.5. The number of carbonyl (C=O) groups is 1. The van der Waals surface area contributed by atoms with Crippen molar-refractivity contribution < 1.29 is 19.0 Å². The smallest absolute Gasteiger partial charge is 0.276 e. The van der Waals surface area contributed by atoms with E-state index in [1.54, 1.807) is 30.3 Å². The van der Waals surface area contributed by atoms with Gasteiger partial charge in [0.1, 0.15) is 19.0 Å². The lowest BCUT2D eigenvalue weighted by Gasteiger charge is -2.18. The molecule has 4 rings (SSSR count). The first-order valence-electron chi connectivity index (χ1n) is 9.26. The minimum Gasteiger partial charge on any atom is -0.492 e. The number of hydrogen-bond donors (Lipinski definition) is 2. The number of anilines is 3. The third-order valence-electron chi connectivity index (χ3n) is 4.15. The number of rotatable bonds is 6. The summed E-state index contributed by atoms with van der Waals surface area (Å²) in [6.45, 7) is 3.48. The Bertz CT molecular complexity index is 1010. The van der Waals surface area contributed by atoms with Crippen LogP contribution in [0.4, 0.5) is 17.2 Å². The topological polar surface area (TPSA) is 94.6 Å². The fourth-order valence-corrected chi connectivity index (χ4v) is 2.83. The van der Waals surface area contributed by atoms with Crippen molar-refractivity contribution in [2.24, 2.45) is 0 Å². The molecule has 2 heterocycles. The highest BCUT2D eigenvalue weighted by molar-refractivity contribution is 6.03. The predicted molar refractivity (Wildman–Crippen MR) is 108 cm³/mol. The summed E-state index contributed by atoms with van der Waals surface area (Å²) < 4.78 is 16.6. The van der Waals surface area contributed by atoms with Crippen LogP contribution in [0.15, 0.2) is 54.6 Å². The van der Waals surface area contributed by atoms with Crippen LogP contribution in [0.3, 0.4) is 0 Å². The molecule has 0 spiro atoms. The molecule has 0 aliphatic carbocycles. The van der Waals surface area contributed by atoms with Gasteiger partial charge in [-0.2, -0.15) is 0 Å². The minimum atomic E-state index is -0.365. The Labute approximate surface area is 167 Å². The van der Waals surface area contributed by atoms with E-state index in [9.17, 15) is 4.79 Å². The van der Waals surface area contributed by atoms with Gasteiger partial charge in [0.25, 0.3) is 5.91 Å². The molecule has 0 radical (unpaired) electrons. The first-order chi connectivity index (χ1) is 14.2. The first kappa shape index (κ1) is 18.5. The van der Waals surface area contributed by atoms with Crippen molar-refractivity contribution in [3.05, 3.63) is 60.3 Å². The second-order valence-corrected chi connectivity index (χ2v) is 6.17. The summed E-state index contributed by atoms with van der Waals surface area (Å²) >= 11 is 0. The van der Waals surface area contributed by atoms with Crippen LogP contribution in [0.2, 0.25) is 0 Å². The predicted octanol–water partition coefficient (Wildman–Crippen LogP) is 3.64. The normalized spacial score (nSPS) is 12.2. The molecule has 29 heavy (non-hydrogen) atoms. The van der Waals surface area contributed by atoms with Crippen LogP contribution >= 0.6 is 0 Å². The fourth-order valence-electron chi connectivity index (χ4n) is 2.83. The van der Waals surface area contributed by atoms with E-state index < -0.39 is 0 Å². The number of ether oxygens (including phenoxy) is 3. The number of fused-ring (bicyclic) bond motifs is 1. The molecular formula is C21H20N4O4. The van der Waals surface area contributed by atoms with Crippen molar-refractivity contribution in [2.75, 3.05) is 30.5 Å². The average molecular weight is 392 g/mol. The molecule has 2 N–H and O–H groups in total. The number of benzene rings is 2. The molecule has 0 saturated carbocycles. The van der Waals surface area contributed by atoms with Crippen molar-refractivity contribution in [2.45, 2.75) is 6.92 Å². The number of nitrogens with one attached hydrogen (secondary N) is 2. The Hall–Kier alpha value is -3.81. The SMILES string of the molecule is CCOc1ccccc1Nc1ccc(C(=O)Nc2ccc3c(c2)OCCO3)nn1. The van der Waals surface area contributed by atoms with Crippen LogP contribution in [0.25, 0.3) is 0 Å². The van der Waals surface area contributed by atoms with Gasteiger partial charge in [-0.15, -0.1) is 10.2 Å². The van der Waals surface area contributed by atoms with Gasteiger partial charge in [0.05, 0.1) is 12.3 Å². The maximum atomic E-state index is 12.5. The van der Waals surface area contributed by atoms with Gasteiger partial charge in [0.15, 0.2) is 23.0 Å². The highest BCUT2D eigenvalue weighted by Crippen LogP contribution is 2.32. The zero-order valence-electron chi connectivity index (χ0n) is 15.8. The Morgan fingerprint density at radius 1 is 1.03 bits per heavy atom. The largest absolute Gasteiger partial charge is 0.492 e. The molecule has 3 aromatic rings. The van der Waals surface area contributed by atoms with Crippen LogP contribution < -0.4 is 24.8 Å². The second-order valence-electron chi connectivity index (χ2n) is 6.17. The highest BCUT2D eigenvalue weighted by atomic mass is 16.6. The van der Waals surface area contributed by atoms with Crippen molar-refractivity contribution in [3.63, 3.8) is 0 Å². The maximum Gasteiger partial charge on any atom is 0.276 e. The van der Waals surface area contributed by atoms with Crippen molar-refractivity contribution in [3.8, 4) is 17.2 Å². The lowest BCUT2D eigenvalue weighted by molar-refractivity contribution is 0.102.